The highest BCUT2D eigenvalue weighted by Gasteiger charge is 2.16. The Hall–Kier alpha value is -4.20. The summed E-state index contributed by atoms with van der Waals surface area (Å²) in [6.45, 7) is 6.49. The first-order valence-corrected chi connectivity index (χ1v) is 11.0. The number of nitrogens with zero attached hydrogens (tertiary/aromatic N) is 3. The third-order valence-electron chi connectivity index (χ3n) is 5.65. The van der Waals surface area contributed by atoms with E-state index in [-0.39, 0.29) is 18.2 Å². The van der Waals surface area contributed by atoms with Gasteiger partial charge in [0.1, 0.15) is 5.69 Å². The minimum absolute atomic E-state index is 0.192. The number of esters is 1. The van der Waals surface area contributed by atoms with Gasteiger partial charge in [-0.3, -0.25) is 14.6 Å². The molecule has 0 aliphatic heterocycles. The molecule has 8 nitrogen and oxygen atoms in total. The number of carbonyl (C=O) groups excluding carboxylic acids is 2. The fourth-order valence-corrected chi connectivity index (χ4v) is 3.65. The molecule has 0 radical (unpaired) electrons. The van der Waals surface area contributed by atoms with Crippen LogP contribution in [0.1, 0.15) is 38.6 Å². The van der Waals surface area contributed by atoms with Crippen LogP contribution in [0.5, 0.6) is 0 Å². The summed E-state index contributed by atoms with van der Waals surface area (Å²) >= 11 is 0. The first-order chi connectivity index (χ1) is 16.4. The number of H-pyrrole nitrogens is 1. The first-order valence-electron chi connectivity index (χ1n) is 11.0. The van der Waals surface area contributed by atoms with Gasteiger partial charge in [-0.2, -0.15) is 10.2 Å². The summed E-state index contributed by atoms with van der Waals surface area (Å²) in [6, 6.07) is 19.5. The molecular formula is C26H27N5O3. The third-order valence-corrected chi connectivity index (χ3v) is 5.65. The lowest BCUT2D eigenvalue weighted by Crippen LogP contribution is -2.28. The molecule has 4 rings (SSSR count). The summed E-state index contributed by atoms with van der Waals surface area (Å²) in [5, 5.41) is 14.2. The van der Waals surface area contributed by atoms with E-state index < -0.39 is 5.97 Å². The second-order valence-electron chi connectivity index (χ2n) is 8.18. The van der Waals surface area contributed by atoms with Crippen molar-refractivity contribution in [2.75, 3.05) is 6.61 Å². The van der Waals surface area contributed by atoms with Crippen molar-refractivity contribution in [3.05, 3.63) is 94.4 Å². The van der Waals surface area contributed by atoms with Crippen LogP contribution < -0.4 is 5.32 Å². The number of nitrogens with one attached hydrogen (secondary N) is 2. The molecule has 4 aromatic rings. The third kappa shape index (κ3) is 5.40. The molecular weight excluding hydrogens is 430 g/mol. The van der Waals surface area contributed by atoms with Gasteiger partial charge < -0.3 is 10.1 Å². The Balaban J connectivity index is 1.29. The highest BCUT2D eigenvalue weighted by Crippen LogP contribution is 2.18. The van der Waals surface area contributed by atoms with Gasteiger partial charge in [0.25, 0.3) is 5.91 Å². The van der Waals surface area contributed by atoms with Gasteiger partial charge in [-0.1, -0.05) is 60.2 Å². The molecule has 0 aliphatic carbocycles. The van der Waals surface area contributed by atoms with Crippen molar-refractivity contribution >= 4 is 11.9 Å². The summed E-state index contributed by atoms with van der Waals surface area (Å²) in [5.74, 6) is -1.02. The highest BCUT2D eigenvalue weighted by molar-refractivity contribution is 5.90. The number of hydrogen-bond donors (Lipinski definition) is 2. The smallest absolute Gasteiger partial charge is 0.356 e. The number of aromatic amines is 1. The van der Waals surface area contributed by atoms with Crippen LogP contribution in [-0.2, 0) is 22.6 Å². The Bertz CT molecular complexity index is 1290. The van der Waals surface area contributed by atoms with Crippen molar-refractivity contribution in [1.82, 2.24) is 25.3 Å². The first kappa shape index (κ1) is 23.0. The number of amides is 1. The van der Waals surface area contributed by atoms with Crippen molar-refractivity contribution in [3.8, 4) is 11.3 Å². The van der Waals surface area contributed by atoms with Crippen molar-refractivity contribution in [2.45, 2.75) is 33.9 Å². The summed E-state index contributed by atoms with van der Waals surface area (Å²) in [4.78, 5) is 24.6. The van der Waals surface area contributed by atoms with E-state index in [2.05, 4.69) is 32.7 Å². The number of hydrogen-bond acceptors (Lipinski definition) is 5. The van der Waals surface area contributed by atoms with Gasteiger partial charge in [-0.25, -0.2) is 4.79 Å². The molecule has 8 heteroatoms. The van der Waals surface area contributed by atoms with E-state index >= 15 is 0 Å². The lowest BCUT2D eigenvalue weighted by Gasteiger charge is -2.08. The highest BCUT2D eigenvalue weighted by atomic mass is 16.5. The number of ether oxygens (including phenoxy) is 1. The lowest BCUT2D eigenvalue weighted by atomic mass is 10.1. The molecule has 2 N–H and O–H groups in total. The molecule has 0 saturated heterocycles. The number of aryl methyl sites for hydroxylation is 2. The maximum absolute atomic E-state index is 12.3. The molecule has 1 amide bonds. The topological polar surface area (TPSA) is 102 Å². The van der Waals surface area contributed by atoms with E-state index in [4.69, 9.17) is 4.74 Å². The van der Waals surface area contributed by atoms with Gasteiger partial charge in [-0.15, -0.1) is 0 Å². The maximum atomic E-state index is 12.3. The summed E-state index contributed by atoms with van der Waals surface area (Å²) in [5.41, 5.74) is 6.79. The SMILES string of the molecule is Cc1ccc(-c2cc(C(=O)OCC(=O)NCc3c(C)nn(Cc4ccccc4)c3C)[nH]n2)cc1. The molecule has 0 aliphatic rings. The van der Waals surface area contributed by atoms with Crippen molar-refractivity contribution in [2.24, 2.45) is 0 Å². The average Bonchev–Trinajstić information content (AvgIpc) is 3.43. The van der Waals surface area contributed by atoms with Crippen LogP contribution in [0, 0.1) is 20.8 Å². The molecule has 0 saturated carbocycles. The Labute approximate surface area is 198 Å². The molecule has 0 fully saturated rings. The molecule has 0 unspecified atom stereocenters. The average molecular weight is 458 g/mol. The predicted octanol–water partition coefficient (Wildman–Crippen LogP) is 3.72. The van der Waals surface area contributed by atoms with Gasteiger partial charge >= 0.3 is 5.97 Å². The molecule has 2 aromatic carbocycles. The molecule has 0 bridgehead atoms. The maximum Gasteiger partial charge on any atom is 0.356 e. The molecule has 2 heterocycles. The Kier molecular flexibility index (Phi) is 6.87. The zero-order valence-corrected chi connectivity index (χ0v) is 19.5. The van der Waals surface area contributed by atoms with E-state index in [9.17, 15) is 9.59 Å². The Morgan fingerprint density at radius 3 is 2.50 bits per heavy atom. The van der Waals surface area contributed by atoms with Gasteiger partial charge in [0.2, 0.25) is 0 Å². The van der Waals surface area contributed by atoms with Crippen molar-refractivity contribution in [3.63, 3.8) is 0 Å². The van der Waals surface area contributed by atoms with E-state index in [1.54, 1.807) is 6.07 Å². The number of carbonyl (C=O) groups is 2. The number of rotatable bonds is 8. The van der Waals surface area contributed by atoms with Crippen LogP contribution in [0.3, 0.4) is 0 Å². The summed E-state index contributed by atoms with van der Waals surface area (Å²) in [7, 11) is 0. The minimum atomic E-state index is -0.635. The van der Waals surface area contributed by atoms with Crippen LogP contribution in [0.4, 0.5) is 0 Å². The Morgan fingerprint density at radius 2 is 1.76 bits per heavy atom. The second kappa shape index (κ2) is 10.2. The fourth-order valence-electron chi connectivity index (χ4n) is 3.65. The molecule has 0 atom stereocenters. The van der Waals surface area contributed by atoms with Crippen LogP contribution in [0.25, 0.3) is 11.3 Å². The van der Waals surface area contributed by atoms with Crippen molar-refractivity contribution in [1.29, 1.82) is 0 Å². The lowest BCUT2D eigenvalue weighted by molar-refractivity contribution is -0.124. The predicted molar refractivity (Wildman–Crippen MR) is 128 cm³/mol. The van der Waals surface area contributed by atoms with Gasteiger partial charge in [0.15, 0.2) is 6.61 Å². The zero-order chi connectivity index (χ0) is 24.1. The van der Waals surface area contributed by atoms with E-state index in [0.717, 1.165) is 33.6 Å². The number of benzene rings is 2. The van der Waals surface area contributed by atoms with E-state index in [1.807, 2.05) is 67.9 Å². The van der Waals surface area contributed by atoms with Crippen LogP contribution in [0.2, 0.25) is 0 Å². The Morgan fingerprint density at radius 1 is 1.03 bits per heavy atom. The monoisotopic (exact) mass is 457 g/mol. The minimum Gasteiger partial charge on any atom is -0.451 e. The van der Waals surface area contributed by atoms with Gasteiger partial charge in [0.05, 0.1) is 17.9 Å². The van der Waals surface area contributed by atoms with Crippen LogP contribution >= 0.6 is 0 Å². The van der Waals surface area contributed by atoms with Gasteiger partial charge in [0, 0.05) is 23.4 Å². The van der Waals surface area contributed by atoms with Crippen LogP contribution in [0.15, 0.2) is 60.7 Å². The van der Waals surface area contributed by atoms with Crippen molar-refractivity contribution < 1.29 is 14.3 Å². The largest absolute Gasteiger partial charge is 0.451 e. The van der Waals surface area contributed by atoms with E-state index in [0.29, 0.717) is 18.8 Å². The normalized spacial score (nSPS) is 10.8. The second-order valence-corrected chi connectivity index (χ2v) is 8.18. The molecule has 34 heavy (non-hydrogen) atoms. The number of aromatic nitrogens is 4. The standard InChI is InChI=1S/C26H27N5O3/c1-17-9-11-21(12-10-17)23-13-24(29-28-23)26(33)34-16-25(32)27-14-22-18(2)30-31(19(22)3)15-20-7-5-4-6-8-20/h4-13H,14-16H2,1-3H3,(H,27,32)(H,28,29). The van der Waals surface area contributed by atoms with Crippen LogP contribution in [-0.4, -0.2) is 38.5 Å². The summed E-state index contributed by atoms with van der Waals surface area (Å²) in [6.07, 6.45) is 0. The quantitative estimate of drug-likeness (QED) is 0.393. The zero-order valence-electron chi connectivity index (χ0n) is 19.5. The molecule has 0 spiro atoms. The summed E-state index contributed by atoms with van der Waals surface area (Å²) < 4.78 is 7.07. The molecule has 2 aromatic heterocycles. The van der Waals surface area contributed by atoms with Gasteiger partial charge in [-0.05, 0) is 32.4 Å². The fraction of sp³-hybridized carbons (Fsp3) is 0.231. The molecule has 174 valence electrons. The van der Waals surface area contributed by atoms with E-state index in [1.165, 1.54) is 0 Å².